The largest absolute Gasteiger partial charge is 0.455 e. The smallest absolute Gasteiger partial charge is 0.143 e. The van der Waals surface area contributed by atoms with Crippen molar-refractivity contribution >= 4 is 76.2 Å². The highest BCUT2D eigenvalue weighted by molar-refractivity contribution is 6.24. The summed E-state index contributed by atoms with van der Waals surface area (Å²) in [6, 6.07) is 69.8. The highest BCUT2D eigenvalue weighted by Gasteiger charge is 2.21. The van der Waals surface area contributed by atoms with Gasteiger partial charge in [0.1, 0.15) is 22.3 Å². The average molecular weight is 713 g/mol. The van der Waals surface area contributed by atoms with Crippen LogP contribution in [0.1, 0.15) is 0 Å². The highest BCUT2D eigenvalue weighted by atomic mass is 16.3. The maximum Gasteiger partial charge on any atom is 0.143 e. The summed E-state index contributed by atoms with van der Waals surface area (Å²) < 4.78 is 13.3. The van der Waals surface area contributed by atoms with Gasteiger partial charge in [-0.1, -0.05) is 170 Å². The third-order valence-electron chi connectivity index (χ3n) is 11.7. The Morgan fingerprint density at radius 3 is 1.34 bits per heavy atom. The monoisotopic (exact) mass is 712 g/mol. The molecule has 0 aliphatic carbocycles. The van der Waals surface area contributed by atoms with E-state index in [2.05, 4.69) is 182 Å². The van der Waals surface area contributed by atoms with E-state index in [1.807, 2.05) is 12.1 Å². The molecular formula is C54H32O2. The van der Waals surface area contributed by atoms with E-state index in [9.17, 15) is 0 Å². The Hall–Kier alpha value is -7.42. The van der Waals surface area contributed by atoms with Gasteiger partial charge in [-0.15, -0.1) is 0 Å². The Kier molecular flexibility index (Phi) is 6.66. The lowest BCUT2D eigenvalue weighted by Gasteiger charge is -2.19. The Morgan fingerprint density at radius 2 is 0.732 bits per heavy atom. The number of hydrogen-bond donors (Lipinski definition) is 0. The molecule has 12 aromatic rings. The van der Waals surface area contributed by atoms with Gasteiger partial charge in [-0.2, -0.15) is 0 Å². The van der Waals surface area contributed by atoms with Gasteiger partial charge in [0, 0.05) is 32.7 Å². The van der Waals surface area contributed by atoms with Gasteiger partial charge < -0.3 is 8.83 Å². The van der Waals surface area contributed by atoms with Crippen molar-refractivity contribution in [2.45, 2.75) is 0 Å². The fourth-order valence-electron chi connectivity index (χ4n) is 9.16. The van der Waals surface area contributed by atoms with E-state index in [1.165, 1.54) is 54.6 Å². The molecule has 10 aromatic carbocycles. The van der Waals surface area contributed by atoms with Gasteiger partial charge in [0.2, 0.25) is 0 Å². The predicted octanol–water partition coefficient (Wildman–Crippen LogP) is 15.6. The summed E-state index contributed by atoms with van der Waals surface area (Å²) in [5, 5.41) is 11.7. The first-order chi connectivity index (χ1) is 27.8. The van der Waals surface area contributed by atoms with Crippen LogP contribution in [0.4, 0.5) is 0 Å². The average Bonchev–Trinajstić information content (AvgIpc) is 3.84. The minimum absolute atomic E-state index is 0.896. The Bertz CT molecular complexity index is 3360. The summed E-state index contributed by atoms with van der Waals surface area (Å²) in [5.41, 5.74) is 12.9. The summed E-state index contributed by atoms with van der Waals surface area (Å²) in [4.78, 5) is 0. The van der Waals surface area contributed by atoms with Crippen LogP contribution in [0.5, 0.6) is 0 Å². The second-order valence-electron chi connectivity index (χ2n) is 14.7. The number of benzene rings is 10. The molecule has 2 aromatic heterocycles. The van der Waals surface area contributed by atoms with Gasteiger partial charge in [-0.3, -0.25) is 0 Å². The third-order valence-corrected chi connectivity index (χ3v) is 11.7. The molecule has 0 N–H and O–H groups in total. The lowest BCUT2D eigenvalue weighted by molar-refractivity contribution is 0.669. The highest BCUT2D eigenvalue weighted by Crippen LogP contribution is 2.47. The molecule has 0 saturated heterocycles. The molecule has 0 radical (unpaired) electrons. The first-order valence-electron chi connectivity index (χ1n) is 19.2. The number of para-hydroxylation sites is 4. The third kappa shape index (κ3) is 4.57. The second-order valence-corrected chi connectivity index (χ2v) is 14.7. The quantitative estimate of drug-likeness (QED) is 0.170. The SMILES string of the molecule is c1ccc(-c2ccc3c(-c4c5cccc(-c6cccc7c6oc6ccccc67)c5cc5c(-c6cccc7c6oc6ccccc67)cccc45)cccc3c2)cc1. The first kappa shape index (κ1) is 31.0. The van der Waals surface area contributed by atoms with Crippen LogP contribution in [0, 0.1) is 0 Å². The van der Waals surface area contributed by atoms with Crippen LogP contribution < -0.4 is 0 Å². The Morgan fingerprint density at radius 1 is 0.250 bits per heavy atom. The normalized spacial score (nSPS) is 11.9. The van der Waals surface area contributed by atoms with Crippen molar-refractivity contribution in [1.29, 1.82) is 0 Å². The van der Waals surface area contributed by atoms with Crippen LogP contribution in [-0.2, 0) is 0 Å². The van der Waals surface area contributed by atoms with E-state index in [1.54, 1.807) is 0 Å². The van der Waals surface area contributed by atoms with Crippen molar-refractivity contribution in [2.24, 2.45) is 0 Å². The molecule has 0 spiro atoms. The zero-order valence-electron chi connectivity index (χ0n) is 30.3. The fraction of sp³-hybridized carbons (Fsp3) is 0. The fourth-order valence-corrected chi connectivity index (χ4v) is 9.16. The molecule has 2 nitrogen and oxygen atoms in total. The van der Waals surface area contributed by atoms with Crippen molar-refractivity contribution in [3.8, 4) is 44.5 Å². The van der Waals surface area contributed by atoms with Crippen molar-refractivity contribution in [2.75, 3.05) is 0 Å². The molecule has 0 unspecified atom stereocenters. The number of fused-ring (bicyclic) bond motifs is 9. The lowest BCUT2D eigenvalue weighted by atomic mass is 9.84. The van der Waals surface area contributed by atoms with Gasteiger partial charge in [-0.05, 0) is 90.0 Å². The predicted molar refractivity (Wildman–Crippen MR) is 235 cm³/mol. The van der Waals surface area contributed by atoms with Gasteiger partial charge in [-0.25, -0.2) is 0 Å². The summed E-state index contributed by atoms with van der Waals surface area (Å²) in [5.74, 6) is 0. The maximum atomic E-state index is 6.65. The molecule has 2 heteroatoms. The van der Waals surface area contributed by atoms with E-state index in [0.717, 1.165) is 66.1 Å². The molecule has 0 aliphatic rings. The first-order valence-corrected chi connectivity index (χ1v) is 19.2. The van der Waals surface area contributed by atoms with Gasteiger partial charge >= 0.3 is 0 Å². The summed E-state index contributed by atoms with van der Waals surface area (Å²) in [7, 11) is 0. The molecule has 2 heterocycles. The van der Waals surface area contributed by atoms with Crippen molar-refractivity contribution < 1.29 is 8.83 Å². The molecule has 0 saturated carbocycles. The minimum Gasteiger partial charge on any atom is -0.455 e. The molecule has 12 rings (SSSR count). The molecule has 0 aliphatic heterocycles. The molecule has 0 fully saturated rings. The van der Waals surface area contributed by atoms with E-state index in [-0.39, 0.29) is 0 Å². The molecule has 0 atom stereocenters. The zero-order valence-corrected chi connectivity index (χ0v) is 30.3. The van der Waals surface area contributed by atoms with Gasteiger partial charge in [0.15, 0.2) is 0 Å². The second kappa shape index (κ2) is 12.0. The maximum absolute atomic E-state index is 6.65. The molecule has 56 heavy (non-hydrogen) atoms. The molecular weight excluding hydrogens is 681 g/mol. The van der Waals surface area contributed by atoms with Crippen LogP contribution in [0.3, 0.4) is 0 Å². The van der Waals surface area contributed by atoms with Gasteiger partial charge in [0.25, 0.3) is 0 Å². The van der Waals surface area contributed by atoms with Gasteiger partial charge in [0.05, 0.1) is 0 Å². The van der Waals surface area contributed by atoms with Crippen LogP contribution >= 0.6 is 0 Å². The number of hydrogen-bond acceptors (Lipinski definition) is 2. The van der Waals surface area contributed by atoms with E-state index in [4.69, 9.17) is 8.83 Å². The molecule has 0 bridgehead atoms. The lowest BCUT2D eigenvalue weighted by Crippen LogP contribution is -1.92. The summed E-state index contributed by atoms with van der Waals surface area (Å²) in [6.45, 7) is 0. The Balaban J connectivity index is 1.20. The minimum atomic E-state index is 0.896. The number of rotatable bonds is 4. The van der Waals surface area contributed by atoms with Crippen LogP contribution in [-0.4, -0.2) is 0 Å². The van der Waals surface area contributed by atoms with Crippen LogP contribution in [0.15, 0.2) is 203 Å². The summed E-state index contributed by atoms with van der Waals surface area (Å²) >= 11 is 0. The van der Waals surface area contributed by atoms with Crippen molar-refractivity contribution in [3.63, 3.8) is 0 Å². The zero-order chi connectivity index (χ0) is 36.7. The molecule has 0 amide bonds. The van der Waals surface area contributed by atoms with Crippen molar-refractivity contribution in [3.05, 3.63) is 194 Å². The number of furan rings is 2. The topological polar surface area (TPSA) is 26.3 Å². The van der Waals surface area contributed by atoms with E-state index < -0.39 is 0 Å². The van der Waals surface area contributed by atoms with E-state index >= 15 is 0 Å². The Labute approximate surface area is 322 Å². The van der Waals surface area contributed by atoms with Crippen LogP contribution in [0.25, 0.3) is 121 Å². The van der Waals surface area contributed by atoms with E-state index in [0.29, 0.717) is 0 Å². The molecule has 260 valence electrons. The van der Waals surface area contributed by atoms with Crippen LogP contribution in [0.2, 0.25) is 0 Å². The van der Waals surface area contributed by atoms with Crippen molar-refractivity contribution in [1.82, 2.24) is 0 Å². The standard InChI is InChI=1S/C54H32O2/c1-2-13-33(14-3-1)34-29-30-36-35(31-34)15-8-20-41(36)52-42-21-9-18-37(44-23-11-25-46-39-16-4-6-27-50(39)55-53(44)46)48(42)32-49-38(19-10-22-43(49)52)45-24-12-26-47-40-17-5-7-28-51(40)56-54(45)47/h1-32H. The summed E-state index contributed by atoms with van der Waals surface area (Å²) in [6.07, 6.45) is 0.